The minimum atomic E-state index is 0.620. The van der Waals surface area contributed by atoms with Crippen molar-refractivity contribution in [1.29, 1.82) is 0 Å². The van der Waals surface area contributed by atoms with Gasteiger partial charge in [0.25, 0.3) is 0 Å². The molecule has 0 aliphatic carbocycles. The summed E-state index contributed by atoms with van der Waals surface area (Å²) in [5.74, 6) is 0. The second-order valence-electron chi connectivity index (χ2n) is 4.03. The molecule has 1 unspecified atom stereocenters. The van der Waals surface area contributed by atoms with Gasteiger partial charge in [-0.25, -0.2) is 0 Å². The van der Waals surface area contributed by atoms with E-state index in [1.165, 1.54) is 24.9 Å². The van der Waals surface area contributed by atoms with Gasteiger partial charge in [-0.3, -0.25) is 0 Å². The summed E-state index contributed by atoms with van der Waals surface area (Å²) in [6.07, 6.45) is 3.75. The fourth-order valence-electron chi connectivity index (χ4n) is 1.98. The largest absolute Gasteiger partial charge is 0.382 e. The smallest absolute Gasteiger partial charge is 0.0353 e. The van der Waals surface area contributed by atoms with E-state index in [1.807, 2.05) is 0 Å². The number of rotatable bonds is 2. The quantitative estimate of drug-likeness (QED) is 0.862. The summed E-state index contributed by atoms with van der Waals surface area (Å²) in [6, 6.07) is 9.01. The third-order valence-electron chi connectivity index (χ3n) is 2.77. The van der Waals surface area contributed by atoms with Crippen molar-refractivity contribution in [3.63, 3.8) is 0 Å². The summed E-state index contributed by atoms with van der Waals surface area (Å²) in [6.45, 7) is 2.29. The van der Waals surface area contributed by atoms with Gasteiger partial charge in [0.2, 0.25) is 0 Å². The van der Waals surface area contributed by atoms with Crippen molar-refractivity contribution in [3.8, 4) is 0 Å². The zero-order valence-corrected chi connectivity index (χ0v) is 10.4. The first kappa shape index (κ1) is 11.0. The number of benzene rings is 1. The highest BCUT2D eigenvalue weighted by atomic mass is 79.9. The standard InChI is InChI=1S/C12H17BrN2/c13-10-3-1-4-12(9-10)15-11-5-2-7-14-8-6-11/h1,3-4,9,11,14-15H,2,5-8H2. The minimum absolute atomic E-state index is 0.620. The summed E-state index contributed by atoms with van der Waals surface area (Å²) < 4.78 is 1.14. The maximum absolute atomic E-state index is 3.59. The number of halogens is 1. The van der Waals surface area contributed by atoms with Crippen LogP contribution < -0.4 is 10.6 Å². The Morgan fingerprint density at radius 3 is 3.07 bits per heavy atom. The van der Waals surface area contributed by atoms with E-state index in [-0.39, 0.29) is 0 Å². The maximum atomic E-state index is 3.59. The highest BCUT2D eigenvalue weighted by molar-refractivity contribution is 9.10. The average molecular weight is 269 g/mol. The van der Waals surface area contributed by atoms with Gasteiger partial charge in [-0.15, -0.1) is 0 Å². The second kappa shape index (κ2) is 5.52. The Morgan fingerprint density at radius 1 is 1.27 bits per heavy atom. The van der Waals surface area contributed by atoms with Crippen LogP contribution >= 0.6 is 15.9 Å². The van der Waals surface area contributed by atoms with Crippen LogP contribution in [0.3, 0.4) is 0 Å². The van der Waals surface area contributed by atoms with E-state index >= 15 is 0 Å². The highest BCUT2D eigenvalue weighted by Crippen LogP contribution is 2.18. The molecule has 1 atom stereocenters. The Balaban J connectivity index is 1.95. The van der Waals surface area contributed by atoms with Crippen molar-refractivity contribution in [2.24, 2.45) is 0 Å². The number of nitrogens with one attached hydrogen (secondary N) is 2. The Morgan fingerprint density at radius 2 is 2.20 bits per heavy atom. The Hall–Kier alpha value is -0.540. The van der Waals surface area contributed by atoms with Crippen LogP contribution in [0.4, 0.5) is 5.69 Å². The third-order valence-corrected chi connectivity index (χ3v) is 3.26. The van der Waals surface area contributed by atoms with Crippen LogP contribution in [0, 0.1) is 0 Å². The van der Waals surface area contributed by atoms with E-state index in [0.717, 1.165) is 17.6 Å². The lowest BCUT2D eigenvalue weighted by molar-refractivity contribution is 0.637. The van der Waals surface area contributed by atoms with Gasteiger partial charge in [0.15, 0.2) is 0 Å². The van der Waals surface area contributed by atoms with Crippen LogP contribution in [0.2, 0.25) is 0 Å². The molecule has 1 aliphatic rings. The van der Waals surface area contributed by atoms with Crippen LogP contribution in [-0.2, 0) is 0 Å². The van der Waals surface area contributed by atoms with Crippen molar-refractivity contribution >= 4 is 21.6 Å². The molecule has 0 saturated carbocycles. The van der Waals surface area contributed by atoms with Gasteiger partial charge >= 0.3 is 0 Å². The first-order chi connectivity index (χ1) is 7.34. The fourth-order valence-corrected chi connectivity index (χ4v) is 2.38. The van der Waals surface area contributed by atoms with E-state index in [4.69, 9.17) is 0 Å². The molecule has 0 amide bonds. The molecular weight excluding hydrogens is 252 g/mol. The van der Waals surface area contributed by atoms with E-state index in [9.17, 15) is 0 Å². The first-order valence-electron chi connectivity index (χ1n) is 5.57. The molecule has 2 nitrogen and oxygen atoms in total. The molecule has 0 bridgehead atoms. The average Bonchev–Trinajstić information content (AvgIpc) is 2.46. The topological polar surface area (TPSA) is 24.1 Å². The zero-order chi connectivity index (χ0) is 10.5. The maximum Gasteiger partial charge on any atom is 0.0353 e. The lowest BCUT2D eigenvalue weighted by atomic mass is 10.1. The van der Waals surface area contributed by atoms with Crippen LogP contribution in [0.15, 0.2) is 28.7 Å². The number of anilines is 1. The molecule has 2 N–H and O–H groups in total. The van der Waals surface area contributed by atoms with E-state index in [0.29, 0.717) is 6.04 Å². The Bertz CT molecular complexity index is 306. The summed E-state index contributed by atoms with van der Waals surface area (Å²) in [4.78, 5) is 0. The molecule has 3 heteroatoms. The first-order valence-corrected chi connectivity index (χ1v) is 6.37. The number of hydrogen-bond donors (Lipinski definition) is 2. The second-order valence-corrected chi connectivity index (χ2v) is 4.95. The monoisotopic (exact) mass is 268 g/mol. The van der Waals surface area contributed by atoms with E-state index < -0.39 is 0 Å². The molecule has 1 aliphatic heterocycles. The van der Waals surface area contributed by atoms with Crippen LogP contribution in [0.25, 0.3) is 0 Å². The summed E-state index contributed by atoms with van der Waals surface area (Å²) in [7, 11) is 0. The Labute approximate surface area is 99.6 Å². The lowest BCUT2D eigenvalue weighted by Gasteiger charge is -2.17. The zero-order valence-electron chi connectivity index (χ0n) is 8.80. The van der Waals surface area contributed by atoms with Gasteiger partial charge in [-0.1, -0.05) is 22.0 Å². The van der Waals surface area contributed by atoms with Crippen molar-refractivity contribution in [2.75, 3.05) is 18.4 Å². The SMILES string of the molecule is Brc1cccc(NC2CCCNCC2)c1. The highest BCUT2D eigenvalue weighted by Gasteiger charge is 2.11. The predicted octanol–water partition coefficient (Wildman–Crippen LogP) is 3.00. The molecule has 1 aromatic carbocycles. The minimum Gasteiger partial charge on any atom is -0.382 e. The fraction of sp³-hybridized carbons (Fsp3) is 0.500. The summed E-state index contributed by atoms with van der Waals surface area (Å²) in [5, 5.41) is 7.02. The summed E-state index contributed by atoms with van der Waals surface area (Å²) in [5.41, 5.74) is 1.22. The van der Waals surface area contributed by atoms with Gasteiger partial charge in [-0.2, -0.15) is 0 Å². The van der Waals surface area contributed by atoms with E-state index in [2.05, 4.69) is 50.8 Å². The van der Waals surface area contributed by atoms with Gasteiger partial charge < -0.3 is 10.6 Å². The normalized spacial score (nSPS) is 22.1. The van der Waals surface area contributed by atoms with Crippen molar-refractivity contribution in [3.05, 3.63) is 28.7 Å². The van der Waals surface area contributed by atoms with E-state index in [1.54, 1.807) is 0 Å². The number of hydrogen-bond acceptors (Lipinski definition) is 2. The van der Waals surface area contributed by atoms with Gasteiger partial charge in [0.05, 0.1) is 0 Å². The van der Waals surface area contributed by atoms with Gasteiger partial charge in [0.1, 0.15) is 0 Å². The predicted molar refractivity (Wildman–Crippen MR) is 68.3 cm³/mol. The third kappa shape index (κ3) is 3.50. The van der Waals surface area contributed by atoms with Gasteiger partial charge in [0, 0.05) is 16.2 Å². The van der Waals surface area contributed by atoms with Crippen molar-refractivity contribution in [2.45, 2.75) is 25.3 Å². The van der Waals surface area contributed by atoms with Crippen LogP contribution in [0.1, 0.15) is 19.3 Å². The lowest BCUT2D eigenvalue weighted by Crippen LogP contribution is -2.21. The molecule has 2 rings (SSSR count). The molecule has 15 heavy (non-hydrogen) atoms. The molecule has 1 aromatic rings. The molecular formula is C12H17BrN2. The molecule has 1 saturated heterocycles. The molecule has 1 heterocycles. The van der Waals surface area contributed by atoms with Crippen LogP contribution in [0.5, 0.6) is 0 Å². The van der Waals surface area contributed by atoms with Crippen LogP contribution in [-0.4, -0.2) is 19.1 Å². The van der Waals surface area contributed by atoms with Crippen molar-refractivity contribution < 1.29 is 0 Å². The molecule has 1 fully saturated rings. The molecule has 0 radical (unpaired) electrons. The van der Waals surface area contributed by atoms with Gasteiger partial charge in [-0.05, 0) is 50.6 Å². The molecule has 0 spiro atoms. The summed E-state index contributed by atoms with van der Waals surface area (Å²) >= 11 is 3.49. The molecule has 82 valence electrons. The molecule has 0 aromatic heterocycles. The Kier molecular flexibility index (Phi) is 4.03. The van der Waals surface area contributed by atoms with Crippen molar-refractivity contribution in [1.82, 2.24) is 5.32 Å².